The molecule has 0 saturated carbocycles. The van der Waals surface area contributed by atoms with E-state index in [4.69, 9.17) is 9.47 Å². The van der Waals surface area contributed by atoms with E-state index in [0.29, 0.717) is 31.2 Å². The van der Waals surface area contributed by atoms with Gasteiger partial charge in [0.2, 0.25) is 5.91 Å². The van der Waals surface area contributed by atoms with Gasteiger partial charge in [0.15, 0.2) is 0 Å². The van der Waals surface area contributed by atoms with Gasteiger partial charge in [-0.1, -0.05) is 12.1 Å². The molecule has 32 heavy (non-hydrogen) atoms. The van der Waals surface area contributed by atoms with Crippen LogP contribution in [0.2, 0.25) is 0 Å². The highest BCUT2D eigenvalue weighted by molar-refractivity contribution is 7.10. The van der Waals surface area contributed by atoms with Crippen LogP contribution >= 0.6 is 11.3 Å². The molecule has 0 radical (unpaired) electrons. The van der Waals surface area contributed by atoms with Crippen molar-refractivity contribution in [1.29, 1.82) is 0 Å². The number of hydrogen-bond acceptors (Lipinski definition) is 5. The number of carbonyl (C=O) groups excluding carboxylic acids is 2. The van der Waals surface area contributed by atoms with Gasteiger partial charge in [0, 0.05) is 30.1 Å². The zero-order valence-electron chi connectivity index (χ0n) is 18.9. The van der Waals surface area contributed by atoms with E-state index in [1.807, 2.05) is 43.0 Å². The molecule has 3 amide bonds. The fourth-order valence-electron chi connectivity index (χ4n) is 3.71. The van der Waals surface area contributed by atoms with Crippen molar-refractivity contribution in [3.05, 3.63) is 58.8 Å². The van der Waals surface area contributed by atoms with Crippen LogP contribution in [-0.4, -0.2) is 61.1 Å². The number of hydrogen-bond donors (Lipinski definition) is 1. The molecular formula is C24H31N3O4S. The molecular weight excluding hydrogens is 426 g/mol. The average Bonchev–Trinajstić information content (AvgIpc) is 3.25. The second kappa shape index (κ2) is 11.0. The number of benzene rings is 1. The highest BCUT2D eigenvalue weighted by Crippen LogP contribution is 2.34. The van der Waals surface area contributed by atoms with E-state index >= 15 is 0 Å². The molecule has 2 heterocycles. The maximum atomic E-state index is 13.3. The van der Waals surface area contributed by atoms with Gasteiger partial charge in [-0.05, 0) is 49.4 Å². The molecule has 0 saturated heterocycles. The van der Waals surface area contributed by atoms with E-state index in [1.54, 1.807) is 24.5 Å². The van der Waals surface area contributed by atoms with Crippen molar-refractivity contribution in [2.45, 2.75) is 32.4 Å². The molecule has 1 aromatic heterocycles. The number of nitrogens with one attached hydrogen (secondary N) is 1. The molecule has 172 valence electrons. The summed E-state index contributed by atoms with van der Waals surface area (Å²) in [4.78, 5) is 30.4. The van der Waals surface area contributed by atoms with Gasteiger partial charge < -0.3 is 24.6 Å². The average molecular weight is 458 g/mol. The minimum absolute atomic E-state index is 0.0142. The second-order valence-electron chi connectivity index (χ2n) is 7.92. The predicted octanol–water partition coefficient (Wildman–Crippen LogP) is 3.87. The van der Waals surface area contributed by atoms with E-state index in [2.05, 4.69) is 23.3 Å². The van der Waals surface area contributed by atoms with E-state index in [1.165, 1.54) is 9.78 Å². The number of urea groups is 1. The molecule has 1 aliphatic heterocycles. The maximum Gasteiger partial charge on any atom is 0.318 e. The van der Waals surface area contributed by atoms with Gasteiger partial charge in [0.25, 0.3) is 0 Å². The summed E-state index contributed by atoms with van der Waals surface area (Å²) in [5.74, 6) is 1.29. The Labute approximate surface area is 193 Å². The summed E-state index contributed by atoms with van der Waals surface area (Å²) < 4.78 is 11.3. The zero-order chi connectivity index (χ0) is 23.1. The quantitative estimate of drug-likeness (QED) is 0.581. The Morgan fingerprint density at radius 2 is 2.12 bits per heavy atom. The summed E-state index contributed by atoms with van der Waals surface area (Å²) in [5, 5.41) is 4.90. The summed E-state index contributed by atoms with van der Waals surface area (Å²) in [6.07, 6.45) is 2.43. The van der Waals surface area contributed by atoms with Crippen LogP contribution < -0.4 is 14.8 Å². The Morgan fingerprint density at radius 3 is 2.84 bits per heavy atom. The molecule has 2 aromatic rings. The molecule has 1 N–H and O–H groups in total. The fourth-order valence-corrected chi connectivity index (χ4v) is 4.64. The molecule has 3 rings (SSSR count). The lowest BCUT2D eigenvalue weighted by Gasteiger charge is -2.37. The van der Waals surface area contributed by atoms with Gasteiger partial charge in [0.05, 0.1) is 13.2 Å². The van der Waals surface area contributed by atoms with Crippen molar-refractivity contribution < 1.29 is 19.1 Å². The first-order valence-corrected chi connectivity index (χ1v) is 11.6. The minimum Gasteiger partial charge on any atom is -0.497 e. The molecule has 1 aliphatic rings. The third-order valence-electron chi connectivity index (χ3n) is 5.24. The Kier molecular flexibility index (Phi) is 8.16. The van der Waals surface area contributed by atoms with Crippen molar-refractivity contribution in [1.82, 2.24) is 15.1 Å². The standard InChI is InChI=1S/C24H31N3O4S/c1-5-11-26(24(29)25-17(2)3)15-23(28)27-12-9-22-20(10-13-32-22)21(27)16-31-19-8-6-7-18(14-19)30-4/h5-8,10,13-14,17,21H,1,9,11-12,15-16H2,2-4H3,(H,25,29). The highest BCUT2D eigenvalue weighted by Gasteiger charge is 2.33. The summed E-state index contributed by atoms with van der Waals surface area (Å²) in [6, 6.07) is 8.97. The van der Waals surface area contributed by atoms with Crippen molar-refractivity contribution in [2.24, 2.45) is 0 Å². The molecule has 1 aromatic carbocycles. The van der Waals surface area contributed by atoms with Gasteiger partial charge >= 0.3 is 6.03 Å². The molecule has 0 aliphatic carbocycles. The molecule has 1 unspecified atom stereocenters. The van der Waals surface area contributed by atoms with Crippen LogP contribution in [0.3, 0.4) is 0 Å². The number of rotatable bonds is 9. The predicted molar refractivity (Wildman–Crippen MR) is 126 cm³/mol. The van der Waals surface area contributed by atoms with E-state index in [0.717, 1.165) is 12.0 Å². The summed E-state index contributed by atoms with van der Waals surface area (Å²) in [5.41, 5.74) is 1.11. The second-order valence-corrected chi connectivity index (χ2v) is 8.92. The first kappa shape index (κ1) is 23.7. The maximum absolute atomic E-state index is 13.3. The third-order valence-corrected chi connectivity index (χ3v) is 6.24. The van der Waals surface area contributed by atoms with Gasteiger partial charge in [-0.15, -0.1) is 17.9 Å². The van der Waals surface area contributed by atoms with E-state index in [9.17, 15) is 9.59 Å². The molecule has 8 heteroatoms. The van der Waals surface area contributed by atoms with Crippen LogP contribution in [0, 0.1) is 0 Å². The van der Waals surface area contributed by atoms with Gasteiger partial charge in [-0.3, -0.25) is 4.79 Å². The summed E-state index contributed by atoms with van der Waals surface area (Å²) in [7, 11) is 1.61. The highest BCUT2D eigenvalue weighted by atomic mass is 32.1. The fraction of sp³-hybridized carbons (Fsp3) is 0.417. The SMILES string of the molecule is C=CCN(CC(=O)N1CCc2sccc2C1COc1cccc(OC)c1)C(=O)NC(C)C. The molecule has 7 nitrogen and oxygen atoms in total. The lowest BCUT2D eigenvalue weighted by Crippen LogP contribution is -2.50. The number of thiophene rings is 1. The number of ether oxygens (including phenoxy) is 2. The summed E-state index contributed by atoms with van der Waals surface area (Å²) >= 11 is 1.70. The van der Waals surface area contributed by atoms with Crippen LogP contribution in [0.1, 0.15) is 30.3 Å². The van der Waals surface area contributed by atoms with Crippen molar-refractivity contribution in [2.75, 3.05) is 33.4 Å². The number of methoxy groups -OCH3 is 1. The largest absolute Gasteiger partial charge is 0.497 e. The molecule has 1 atom stereocenters. The number of fused-ring (bicyclic) bond motifs is 1. The minimum atomic E-state index is -0.273. The van der Waals surface area contributed by atoms with Crippen LogP contribution in [0.15, 0.2) is 48.4 Å². The first-order chi connectivity index (χ1) is 15.4. The monoisotopic (exact) mass is 457 g/mol. The normalized spacial score (nSPS) is 15.1. The zero-order valence-corrected chi connectivity index (χ0v) is 19.7. The van der Waals surface area contributed by atoms with Crippen LogP contribution in [0.25, 0.3) is 0 Å². The smallest absolute Gasteiger partial charge is 0.318 e. The van der Waals surface area contributed by atoms with Gasteiger partial charge in [-0.2, -0.15) is 0 Å². The number of carbonyl (C=O) groups is 2. The summed E-state index contributed by atoms with van der Waals surface area (Å²) in [6.45, 7) is 8.70. The number of nitrogens with zero attached hydrogens (tertiary/aromatic N) is 2. The van der Waals surface area contributed by atoms with Gasteiger partial charge in [0.1, 0.15) is 24.7 Å². The first-order valence-electron chi connectivity index (χ1n) is 10.7. The Morgan fingerprint density at radius 1 is 1.34 bits per heavy atom. The Balaban J connectivity index is 1.76. The Bertz CT molecular complexity index is 943. The van der Waals surface area contributed by atoms with Crippen LogP contribution in [0.4, 0.5) is 4.79 Å². The van der Waals surface area contributed by atoms with Crippen molar-refractivity contribution >= 4 is 23.3 Å². The van der Waals surface area contributed by atoms with Crippen molar-refractivity contribution in [3.63, 3.8) is 0 Å². The van der Waals surface area contributed by atoms with Crippen molar-refractivity contribution in [3.8, 4) is 11.5 Å². The molecule has 0 spiro atoms. The molecule has 0 fully saturated rings. The van der Waals surface area contributed by atoms with E-state index in [-0.39, 0.29) is 30.6 Å². The van der Waals surface area contributed by atoms with Gasteiger partial charge in [-0.25, -0.2) is 4.79 Å². The molecule has 0 bridgehead atoms. The topological polar surface area (TPSA) is 71.1 Å². The lowest BCUT2D eigenvalue weighted by atomic mass is 10.0. The van der Waals surface area contributed by atoms with Crippen LogP contribution in [0.5, 0.6) is 11.5 Å². The number of amides is 3. The third kappa shape index (κ3) is 5.82. The lowest BCUT2D eigenvalue weighted by molar-refractivity contribution is -0.135. The Hall–Kier alpha value is -3.00. The van der Waals surface area contributed by atoms with Crippen LogP contribution in [-0.2, 0) is 11.2 Å². The van der Waals surface area contributed by atoms with E-state index < -0.39 is 0 Å².